The van der Waals surface area contributed by atoms with Gasteiger partial charge in [-0.2, -0.15) is 0 Å². The van der Waals surface area contributed by atoms with Crippen molar-refractivity contribution < 1.29 is 9.47 Å². The fourth-order valence-electron chi connectivity index (χ4n) is 2.77. The van der Waals surface area contributed by atoms with E-state index < -0.39 is 0 Å². The van der Waals surface area contributed by atoms with Crippen molar-refractivity contribution in [1.82, 2.24) is 5.32 Å². The Hall–Kier alpha value is -1.96. The number of aliphatic imine (C=N–C) groups is 1. The number of hydrogen-bond donors (Lipinski definition) is 2. The molecule has 0 spiro atoms. The van der Waals surface area contributed by atoms with Gasteiger partial charge in [0.2, 0.25) is 0 Å². The van der Waals surface area contributed by atoms with Gasteiger partial charge in [-0.25, -0.2) is 4.99 Å². The van der Waals surface area contributed by atoms with E-state index in [2.05, 4.69) is 10.3 Å². The van der Waals surface area contributed by atoms with Crippen LogP contribution in [0, 0.1) is 0 Å². The third-order valence-corrected chi connectivity index (χ3v) is 3.95. The van der Waals surface area contributed by atoms with Crippen LogP contribution >= 0.6 is 24.0 Å². The number of para-hydroxylation sites is 2. The van der Waals surface area contributed by atoms with Gasteiger partial charge in [0.1, 0.15) is 17.6 Å². The largest absolute Gasteiger partial charge is 0.496 e. The molecule has 2 aromatic carbocycles. The smallest absolute Gasteiger partial charge is 0.189 e. The zero-order chi connectivity index (χ0) is 16.2. The Morgan fingerprint density at radius 2 is 1.92 bits per heavy atom. The summed E-state index contributed by atoms with van der Waals surface area (Å²) in [6, 6.07) is 15.8. The zero-order valence-electron chi connectivity index (χ0n) is 13.7. The lowest BCUT2D eigenvalue weighted by Crippen LogP contribution is -2.38. The van der Waals surface area contributed by atoms with Crippen molar-refractivity contribution >= 4 is 29.9 Å². The number of hydrogen-bond acceptors (Lipinski definition) is 3. The highest BCUT2D eigenvalue weighted by molar-refractivity contribution is 14.0. The van der Waals surface area contributed by atoms with E-state index in [4.69, 9.17) is 15.2 Å². The van der Waals surface area contributed by atoms with E-state index >= 15 is 0 Å². The molecule has 128 valence electrons. The second kappa shape index (κ2) is 8.23. The van der Waals surface area contributed by atoms with Crippen LogP contribution in [0.25, 0.3) is 0 Å². The van der Waals surface area contributed by atoms with E-state index in [0.717, 1.165) is 22.6 Å². The molecule has 0 fully saturated rings. The first kappa shape index (κ1) is 18.4. The first-order valence-corrected chi connectivity index (χ1v) is 7.63. The molecule has 1 aliphatic rings. The van der Waals surface area contributed by atoms with Crippen molar-refractivity contribution in [3.8, 4) is 11.5 Å². The maximum atomic E-state index is 6.05. The molecule has 3 N–H and O–H groups in total. The molecule has 1 aliphatic heterocycles. The van der Waals surface area contributed by atoms with Gasteiger partial charge in [0.05, 0.1) is 19.7 Å². The summed E-state index contributed by atoms with van der Waals surface area (Å²) in [5.74, 6) is 2.11. The maximum Gasteiger partial charge on any atom is 0.189 e. The zero-order valence-corrected chi connectivity index (χ0v) is 16.1. The van der Waals surface area contributed by atoms with Crippen LogP contribution in [0.1, 0.15) is 24.1 Å². The lowest BCUT2D eigenvalue weighted by Gasteiger charge is -2.17. The molecule has 0 aliphatic carbocycles. The summed E-state index contributed by atoms with van der Waals surface area (Å²) in [6.45, 7) is 2.48. The number of fused-ring (bicyclic) bond motifs is 1. The SMILES string of the molecule is COc1ccccc1CN=C(N)NC1c2ccccc2OC1C.I. The quantitative estimate of drug-likeness (QED) is 0.436. The molecule has 2 aromatic rings. The fraction of sp³-hybridized carbons (Fsp3) is 0.278. The molecule has 0 saturated heterocycles. The predicted octanol–water partition coefficient (Wildman–Crippen LogP) is 3.24. The number of nitrogens with one attached hydrogen (secondary N) is 1. The number of ether oxygens (including phenoxy) is 2. The van der Waals surface area contributed by atoms with Crippen LogP contribution in [0.5, 0.6) is 11.5 Å². The molecule has 2 atom stereocenters. The van der Waals surface area contributed by atoms with Gasteiger partial charge in [0, 0.05) is 11.1 Å². The summed E-state index contributed by atoms with van der Waals surface area (Å²) in [7, 11) is 1.65. The van der Waals surface area contributed by atoms with E-state index in [1.165, 1.54) is 0 Å². The van der Waals surface area contributed by atoms with Crippen molar-refractivity contribution in [3.63, 3.8) is 0 Å². The Bertz CT molecular complexity index is 721. The molecule has 0 bridgehead atoms. The first-order valence-electron chi connectivity index (χ1n) is 7.63. The topological polar surface area (TPSA) is 68.9 Å². The Kier molecular flexibility index (Phi) is 6.30. The minimum atomic E-state index is 0. The van der Waals surface area contributed by atoms with Gasteiger partial charge in [-0.3, -0.25) is 0 Å². The van der Waals surface area contributed by atoms with Gasteiger partial charge < -0.3 is 20.5 Å². The van der Waals surface area contributed by atoms with Gasteiger partial charge >= 0.3 is 0 Å². The van der Waals surface area contributed by atoms with E-state index in [-0.39, 0.29) is 36.1 Å². The minimum Gasteiger partial charge on any atom is -0.496 e. The summed E-state index contributed by atoms with van der Waals surface area (Å²) in [6.07, 6.45) is 0.00686. The predicted molar refractivity (Wildman–Crippen MR) is 106 cm³/mol. The molecule has 0 radical (unpaired) electrons. The van der Waals surface area contributed by atoms with E-state index in [1.54, 1.807) is 7.11 Å². The summed E-state index contributed by atoms with van der Waals surface area (Å²) in [5.41, 5.74) is 8.16. The van der Waals surface area contributed by atoms with Gasteiger partial charge in [-0.1, -0.05) is 36.4 Å². The van der Waals surface area contributed by atoms with Gasteiger partial charge in [-0.15, -0.1) is 24.0 Å². The van der Waals surface area contributed by atoms with Crippen LogP contribution < -0.4 is 20.5 Å². The average Bonchev–Trinajstić information content (AvgIpc) is 2.89. The molecular formula is C18H22IN3O2. The normalized spacial score (nSPS) is 19.0. The molecular weight excluding hydrogens is 417 g/mol. The lowest BCUT2D eigenvalue weighted by molar-refractivity contribution is 0.219. The highest BCUT2D eigenvalue weighted by Crippen LogP contribution is 2.35. The number of nitrogens with zero attached hydrogens (tertiary/aromatic N) is 1. The highest BCUT2D eigenvalue weighted by Gasteiger charge is 2.31. The monoisotopic (exact) mass is 439 g/mol. The van der Waals surface area contributed by atoms with Crippen LogP contribution in [0.15, 0.2) is 53.5 Å². The van der Waals surface area contributed by atoms with Crippen LogP contribution in [-0.2, 0) is 6.54 Å². The molecule has 0 aromatic heterocycles. The molecule has 6 heteroatoms. The Morgan fingerprint density at radius 1 is 1.21 bits per heavy atom. The molecule has 1 heterocycles. The second-order valence-electron chi connectivity index (χ2n) is 5.50. The number of halogens is 1. The summed E-state index contributed by atoms with van der Waals surface area (Å²) in [4.78, 5) is 4.42. The maximum absolute atomic E-state index is 6.05. The summed E-state index contributed by atoms with van der Waals surface area (Å²) < 4.78 is 11.2. The van der Waals surface area contributed by atoms with Gasteiger partial charge in [-0.05, 0) is 19.1 Å². The first-order chi connectivity index (χ1) is 11.2. The molecule has 2 unspecified atom stereocenters. The Morgan fingerprint density at radius 3 is 2.71 bits per heavy atom. The number of methoxy groups -OCH3 is 1. The summed E-state index contributed by atoms with van der Waals surface area (Å²) >= 11 is 0. The molecule has 24 heavy (non-hydrogen) atoms. The number of nitrogens with two attached hydrogens (primary N) is 1. The molecule has 0 saturated carbocycles. The third kappa shape index (κ3) is 3.92. The number of rotatable bonds is 4. The van der Waals surface area contributed by atoms with Crippen molar-refractivity contribution in [2.75, 3.05) is 7.11 Å². The van der Waals surface area contributed by atoms with Crippen molar-refractivity contribution in [3.05, 3.63) is 59.7 Å². The van der Waals surface area contributed by atoms with E-state index in [0.29, 0.717) is 12.5 Å². The Balaban J connectivity index is 0.00000208. The molecule has 5 nitrogen and oxygen atoms in total. The van der Waals surface area contributed by atoms with Crippen LogP contribution in [-0.4, -0.2) is 19.2 Å². The minimum absolute atomic E-state index is 0. The highest BCUT2D eigenvalue weighted by atomic mass is 127. The second-order valence-corrected chi connectivity index (χ2v) is 5.50. The van der Waals surface area contributed by atoms with E-state index in [1.807, 2.05) is 55.5 Å². The number of guanidine groups is 1. The van der Waals surface area contributed by atoms with Crippen molar-refractivity contribution in [1.29, 1.82) is 0 Å². The molecule has 3 rings (SSSR count). The van der Waals surface area contributed by atoms with E-state index in [9.17, 15) is 0 Å². The lowest BCUT2D eigenvalue weighted by atomic mass is 10.1. The fourth-order valence-corrected chi connectivity index (χ4v) is 2.77. The van der Waals surface area contributed by atoms with Crippen LogP contribution in [0.3, 0.4) is 0 Å². The third-order valence-electron chi connectivity index (χ3n) is 3.95. The van der Waals surface area contributed by atoms with Gasteiger partial charge in [0.25, 0.3) is 0 Å². The standard InChI is InChI=1S/C18H21N3O2.HI/c1-12-17(14-8-4-6-10-16(14)23-12)21-18(19)20-11-13-7-3-5-9-15(13)22-2;/h3-10,12,17H,11H2,1-2H3,(H3,19,20,21);1H. The summed E-state index contributed by atoms with van der Waals surface area (Å²) in [5, 5.41) is 3.25. The van der Waals surface area contributed by atoms with Crippen LogP contribution in [0.4, 0.5) is 0 Å². The average molecular weight is 439 g/mol. The number of benzene rings is 2. The van der Waals surface area contributed by atoms with Crippen molar-refractivity contribution in [2.24, 2.45) is 10.7 Å². The Labute approximate surface area is 159 Å². The van der Waals surface area contributed by atoms with Crippen LogP contribution in [0.2, 0.25) is 0 Å². The van der Waals surface area contributed by atoms with Gasteiger partial charge in [0.15, 0.2) is 5.96 Å². The van der Waals surface area contributed by atoms with Crippen molar-refractivity contribution in [2.45, 2.75) is 25.6 Å². The molecule has 0 amide bonds.